The fraction of sp³-hybridized carbons (Fsp3) is 0. The van der Waals surface area contributed by atoms with Gasteiger partial charge in [-0.05, 0) is 59.3 Å². The molecule has 0 radical (unpaired) electrons. The van der Waals surface area contributed by atoms with Crippen LogP contribution in [-0.4, -0.2) is 14.5 Å². The third-order valence-electron chi connectivity index (χ3n) is 10.4. The summed E-state index contributed by atoms with van der Waals surface area (Å²) >= 11 is 1.85. The zero-order chi connectivity index (χ0) is 34.9. The summed E-state index contributed by atoms with van der Waals surface area (Å²) in [5.41, 5.74) is 8.50. The number of nitrogens with zero attached hydrogens (tertiary/aromatic N) is 4. The van der Waals surface area contributed by atoms with Gasteiger partial charge in [-0.3, -0.25) is 4.57 Å². The van der Waals surface area contributed by atoms with E-state index in [1.54, 1.807) is 0 Å². The Morgan fingerprint density at radius 2 is 1.04 bits per heavy atom. The van der Waals surface area contributed by atoms with Crippen LogP contribution >= 0.6 is 11.3 Å². The van der Waals surface area contributed by atoms with Gasteiger partial charge in [-0.25, -0.2) is 9.97 Å². The van der Waals surface area contributed by atoms with Crippen molar-refractivity contribution in [3.63, 3.8) is 0 Å². The molecule has 0 fully saturated rings. The molecule has 5 heteroatoms. The number of fused-ring (bicyclic) bond motifs is 11. The lowest BCUT2D eigenvalue weighted by atomic mass is 9.99. The van der Waals surface area contributed by atoms with Gasteiger partial charge in [-0.2, -0.15) is 0 Å². The Morgan fingerprint density at radius 3 is 1.75 bits per heavy atom. The van der Waals surface area contributed by atoms with Crippen molar-refractivity contribution >= 4 is 92.1 Å². The maximum absolute atomic E-state index is 5.41. The Balaban J connectivity index is 1.26. The van der Waals surface area contributed by atoms with Crippen LogP contribution in [0.4, 0.5) is 17.1 Å². The molecule has 0 saturated carbocycles. The van der Waals surface area contributed by atoms with Crippen LogP contribution in [0.5, 0.6) is 0 Å². The van der Waals surface area contributed by atoms with Gasteiger partial charge in [-0.15, -0.1) is 11.3 Å². The third kappa shape index (κ3) is 4.61. The highest BCUT2D eigenvalue weighted by molar-refractivity contribution is 7.27. The predicted octanol–water partition coefficient (Wildman–Crippen LogP) is 13.4. The van der Waals surface area contributed by atoms with Gasteiger partial charge in [0.2, 0.25) is 5.95 Å². The maximum Gasteiger partial charge on any atom is 0.235 e. The lowest BCUT2D eigenvalue weighted by Gasteiger charge is -2.25. The second kappa shape index (κ2) is 11.9. The van der Waals surface area contributed by atoms with E-state index in [0.29, 0.717) is 5.95 Å². The smallest absolute Gasteiger partial charge is 0.235 e. The first-order valence-corrected chi connectivity index (χ1v) is 18.7. The van der Waals surface area contributed by atoms with Gasteiger partial charge in [0.05, 0.1) is 26.9 Å². The van der Waals surface area contributed by atoms with Crippen molar-refractivity contribution in [2.24, 2.45) is 0 Å². The summed E-state index contributed by atoms with van der Waals surface area (Å²) in [6, 6.07) is 64.5. The maximum atomic E-state index is 5.41. The molecule has 0 N–H and O–H groups in total. The van der Waals surface area contributed by atoms with Crippen molar-refractivity contribution < 1.29 is 0 Å². The summed E-state index contributed by atoms with van der Waals surface area (Å²) in [6.07, 6.45) is 0. The zero-order valence-electron chi connectivity index (χ0n) is 28.5. The van der Waals surface area contributed by atoms with Gasteiger partial charge in [0.1, 0.15) is 0 Å². The first kappa shape index (κ1) is 29.9. The molecule has 0 amide bonds. The van der Waals surface area contributed by atoms with Gasteiger partial charge in [0.25, 0.3) is 0 Å². The molecule has 0 bridgehead atoms. The minimum Gasteiger partial charge on any atom is -0.310 e. The van der Waals surface area contributed by atoms with E-state index in [9.17, 15) is 0 Å². The standard InChI is InChI=1S/C48H30N4S/c1-4-16-31(17-5-1)45-37-24-12-14-26-40(37)49-48(50-45)52-41-27-15-13-25-38(41)43-35-22-10-11-23-36(35)44-39-29-28-34(30-42(39)53-47(44)46(43)52)51(32-18-6-2-7-19-32)33-20-8-3-9-21-33/h1-30H. The molecule has 3 heterocycles. The lowest BCUT2D eigenvalue weighted by Crippen LogP contribution is -2.09. The average molecular weight is 695 g/mol. The van der Waals surface area contributed by atoms with Crippen LogP contribution in [0.25, 0.3) is 80.9 Å². The van der Waals surface area contributed by atoms with E-state index >= 15 is 0 Å². The van der Waals surface area contributed by atoms with E-state index in [0.717, 1.165) is 50.3 Å². The number of thiophene rings is 1. The highest BCUT2D eigenvalue weighted by Crippen LogP contribution is 2.49. The summed E-state index contributed by atoms with van der Waals surface area (Å²) in [5, 5.41) is 8.44. The molecule has 11 rings (SSSR count). The largest absolute Gasteiger partial charge is 0.310 e. The van der Waals surface area contributed by atoms with Crippen molar-refractivity contribution in [3.8, 4) is 17.2 Å². The summed E-state index contributed by atoms with van der Waals surface area (Å²) in [4.78, 5) is 13.0. The Morgan fingerprint density at radius 1 is 0.453 bits per heavy atom. The Bertz CT molecular complexity index is 3130. The molecule has 4 nitrogen and oxygen atoms in total. The van der Waals surface area contributed by atoms with E-state index in [2.05, 4.69) is 185 Å². The third-order valence-corrected chi connectivity index (χ3v) is 11.5. The molecule has 248 valence electrons. The Kier molecular flexibility index (Phi) is 6.69. The number of hydrogen-bond acceptors (Lipinski definition) is 4. The number of anilines is 3. The molecule has 3 aromatic heterocycles. The Labute approximate surface area is 309 Å². The van der Waals surface area contributed by atoms with Crippen LogP contribution < -0.4 is 4.90 Å². The molecule has 0 aliphatic rings. The van der Waals surface area contributed by atoms with E-state index < -0.39 is 0 Å². The first-order chi connectivity index (χ1) is 26.3. The molecular weight excluding hydrogens is 665 g/mol. The molecule has 0 aliphatic carbocycles. The quantitative estimate of drug-likeness (QED) is 0.180. The molecule has 0 saturated heterocycles. The van der Waals surface area contributed by atoms with E-state index in [1.807, 2.05) is 17.4 Å². The van der Waals surface area contributed by atoms with Crippen molar-refractivity contribution in [2.75, 3.05) is 4.90 Å². The van der Waals surface area contributed by atoms with Crippen LogP contribution in [-0.2, 0) is 0 Å². The van der Waals surface area contributed by atoms with Crippen LogP contribution in [0.1, 0.15) is 0 Å². The van der Waals surface area contributed by atoms with Crippen LogP contribution in [0.15, 0.2) is 182 Å². The summed E-state index contributed by atoms with van der Waals surface area (Å²) in [5.74, 6) is 0.669. The number of benzene rings is 8. The highest BCUT2D eigenvalue weighted by atomic mass is 32.1. The zero-order valence-corrected chi connectivity index (χ0v) is 29.3. The molecule has 8 aromatic carbocycles. The lowest BCUT2D eigenvalue weighted by molar-refractivity contribution is 1.02. The fourth-order valence-corrected chi connectivity index (χ4v) is 9.39. The normalized spacial score (nSPS) is 11.8. The van der Waals surface area contributed by atoms with Crippen LogP contribution in [0.2, 0.25) is 0 Å². The van der Waals surface area contributed by atoms with Crippen molar-refractivity contribution in [1.82, 2.24) is 14.5 Å². The SMILES string of the molecule is c1ccc(-c2nc(-n3c4ccccc4c4c5ccccc5c5c6ccc(N(c7ccccc7)c7ccccc7)cc6sc5c43)nc3ccccc23)cc1. The summed E-state index contributed by atoms with van der Waals surface area (Å²) < 4.78 is 4.77. The molecule has 11 aromatic rings. The number of hydrogen-bond donors (Lipinski definition) is 0. The topological polar surface area (TPSA) is 34.0 Å². The monoisotopic (exact) mass is 694 g/mol. The van der Waals surface area contributed by atoms with Crippen LogP contribution in [0.3, 0.4) is 0 Å². The Hall–Kier alpha value is -6.82. The minimum atomic E-state index is 0.669. The molecule has 0 spiro atoms. The number of rotatable bonds is 5. The van der Waals surface area contributed by atoms with Gasteiger partial charge in [0.15, 0.2) is 0 Å². The van der Waals surface area contributed by atoms with Gasteiger partial charge >= 0.3 is 0 Å². The predicted molar refractivity (Wildman–Crippen MR) is 224 cm³/mol. The highest BCUT2D eigenvalue weighted by Gasteiger charge is 2.24. The minimum absolute atomic E-state index is 0.669. The fourth-order valence-electron chi connectivity index (χ4n) is 8.09. The molecule has 53 heavy (non-hydrogen) atoms. The van der Waals surface area contributed by atoms with E-state index in [-0.39, 0.29) is 0 Å². The van der Waals surface area contributed by atoms with E-state index in [1.165, 1.54) is 41.7 Å². The second-order valence-corrected chi connectivity index (χ2v) is 14.4. The second-order valence-electron chi connectivity index (χ2n) is 13.4. The van der Waals surface area contributed by atoms with E-state index in [4.69, 9.17) is 9.97 Å². The summed E-state index contributed by atoms with van der Waals surface area (Å²) in [7, 11) is 0. The van der Waals surface area contributed by atoms with Crippen molar-refractivity contribution in [3.05, 3.63) is 182 Å². The van der Waals surface area contributed by atoms with Gasteiger partial charge < -0.3 is 4.90 Å². The average Bonchev–Trinajstić information content (AvgIpc) is 3.78. The van der Waals surface area contributed by atoms with Crippen molar-refractivity contribution in [2.45, 2.75) is 0 Å². The number of para-hydroxylation sites is 4. The van der Waals surface area contributed by atoms with Crippen LogP contribution in [0, 0.1) is 0 Å². The van der Waals surface area contributed by atoms with Gasteiger partial charge in [-0.1, -0.05) is 133 Å². The van der Waals surface area contributed by atoms with Gasteiger partial charge in [0, 0.05) is 54.3 Å². The molecule has 0 unspecified atom stereocenters. The molecule has 0 aliphatic heterocycles. The van der Waals surface area contributed by atoms with Crippen molar-refractivity contribution in [1.29, 1.82) is 0 Å². The number of aromatic nitrogens is 3. The summed E-state index contributed by atoms with van der Waals surface area (Å²) in [6.45, 7) is 0. The first-order valence-electron chi connectivity index (χ1n) is 17.8. The molecular formula is C48H30N4S. The molecule has 0 atom stereocenters.